The van der Waals surface area contributed by atoms with Gasteiger partial charge in [-0.05, 0) is 19.4 Å². The number of aromatic amines is 1. The van der Waals surface area contributed by atoms with E-state index in [2.05, 4.69) is 31.3 Å². The molecule has 0 amide bonds. The lowest BCUT2D eigenvalue weighted by molar-refractivity contribution is 0.529. The zero-order valence-electron chi connectivity index (χ0n) is 7.45. The maximum Gasteiger partial charge on any atom is 0.188 e. The Labute approximate surface area is 76.5 Å². The van der Waals surface area contributed by atoms with Gasteiger partial charge in [0, 0.05) is 12.6 Å². The number of rotatable bonds is 4. The highest BCUT2D eigenvalue weighted by molar-refractivity contribution is 4.79. The third-order valence-electron chi connectivity index (χ3n) is 2.23. The van der Waals surface area contributed by atoms with Crippen LogP contribution in [0.5, 0.6) is 0 Å². The minimum atomic E-state index is 0.618. The van der Waals surface area contributed by atoms with Gasteiger partial charge >= 0.3 is 0 Å². The van der Waals surface area contributed by atoms with Gasteiger partial charge in [-0.15, -0.1) is 10.2 Å². The Morgan fingerprint density at radius 2 is 2.54 bits per heavy atom. The third-order valence-corrected chi connectivity index (χ3v) is 2.23. The molecule has 1 aromatic heterocycles. The summed E-state index contributed by atoms with van der Waals surface area (Å²) in [7, 11) is 0. The van der Waals surface area contributed by atoms with Crippen LogP contribution < -0.4 is 10.6 Å². The van der Waals surface area contributed by atoms with Crippen molar-refractivity contribution in [2.24, 2.45) is 0 Å². The quantitative estimate of drug-likeness (QED) is 0.559. The van der Waals surface area contributed by atoms with Gasteiger partial charge < -0.3 is 10.6 Å². The van der Waals surface area contributed by atoms with Crippen molar-refractivity contribution in [2.75, 3.05) is 13.1 Å². The molecule has 1 saturated heterocycles. The minimum Gasteiger partial charge on any atom is -0.313 e. The minimum absolute atomic E-state index is 0.618. The van der Waals surface area contributed by atoms with Gasteiger partial charge in [0.05, 0.1) is 6.54 Å². The molecular formula is C7H14N6. The summed E-state index contributed by atoms with van der Waals surface area (Å²) in [6, 6.07) is 0.618. The first-order chi connectivity index (χ1) is 6.45. The number of H-pyrrole nitrogens is 1. The number of aromatic nitrogens is 4. The molecule has 0 radical (unpaired) electrons. The normalized spacial score (nSPS) is 22.3. The van der Waals surface area contributed by atoms with E-state index in [0.717, 1.165) is 18.9 Å². The maximum absolute atomic E-state index is 3.85. The van der Waals surface area contributed by atoms with Gasteiger partial charge in [-0.3, -0.25) is 0 Å². The first kappa shape index (κ1) is 8.58. The van der Waals surface area contributed by atoms with Crippen LogP contribution in [0.15, 0.2) is 0 Å². The van der Waals surface area contributed by atoms with Gasteiger partial charge in [0.25, 0.3) is 0 Å². The predicted octanol–water partition coefficient (Wildman–Crippen LogP) is -0.959. The molecule has 3 N–H and O–H groups in total. The highest BCUT2D eigenvalue weighted by Crippen LogP contribution is 2.02. The zero-order valence-corrected chi connectivity index (χ0v) is 7.45. The van der Waals surface area contributed by atoms with Crippen molar-refractivity contribution in [3.8, 4) is 0 Å². The molecule has 13 heavy (non-hydrogen) atoms. The average Bonchev–Trinajstić information content (AvgIpc) is 2.75. The Hall–Kier alpha value is -1.01. The second-order valence-electron chi connectivity index (χ2n) is 3.25. The van der Waals surface area contributed by atoms with Crippen molar-refractivity contribution in [3.05, 3.63) is 5.82 Å². The van der Waals surface area contributed by atoms with E-state index in [1.54, 1.807) is 0 Å². The second-order valence-corrected chi connectivity index (χ2v) is 3.25. The first-order valence-electron chi connectivity index (χ1n) is 4.61. The molecule has 1 atom stereocenters. The number of hydrogen-bond donors (Lipinski definition) is 3. The zero-order chi connectivity index (χ0) is 8.93. The van der Waals surface area contributed by atoms with Crippen LogP contribution in [-0.2, 0) is 6.54 Å². The largest absolute Gasteiger partial charge is 0.313 e. The summed E-state index contributed by atoms with van der Waals surface area (Å²) < 4.78 is 0. The van der Waals surface area contributed by atoms with Crippen LogP contribution in [0.3, 0.4) is 0 Å². The summed E-state index contributed by atoms with van der Waals surface area (Å²) in [4.78, 5) is 0. The van der Waals surface area contributed by atoms with Gasteiger partial charge in [-0.1, -0.05) is 5.21 Å². The molecule has 0 aliphatic carbocycles. The van der Waals surface area contributed by atoms with Crippen LogP contribution in [0.4, 0.5) is 0 Å². The fourth-order valence-electron chi connectivity index (χ4n) is 1.55. The van der Waals surface area contributed by atoms with Crippen molar-refractivity contribution in [3.63, 3.8) is 0 Å². The van der Waals surface area contributed by atoms with E-state index in [-0.39, 0.29) is 0 Å². The summed E-state index contributed by atoms with van der Waals surface area (Å²) in [5.41, 5.74) is 0. The molecule has 1 aliphatic rings. The Morgan fingerprint density at radius 3 is 3.23 bits per heavy atom. The van der Waals surface area contributed by atoms with Gasteiger partial charge in [-0.2, -0.15) is 5.21 Å². The van der Waals surface area contributed by atoms with Crippen molar-refractivity contribution in [2.45, 2.75) is 25.4 Å². The fourth-order valence-corrected chi connectivity index (χ4v) is 1.55. The average molecular weight is 182 g/mol. The number of tetrazole rings is 1. The number of nitrogens with zero attached hydrogens (tertiary/aromatic N) is 3. The van der Waals surface area contributed by atoms with E-state index in [1.807, 2.05) is 0 Å². The molecule has 6 heteroatoms. The lowest BCUT2D eigenvalue weighted by Crippen LogP contribution is -2.33. The molecule has 0 bridgehead atoms. The van der Waals surface area contributed by atoms with Crippen LogP contribution in [-0.4, -0.2) is 39.8 Å². The van der Waals surface area contributed by atoms with E-state index >= 15 is 0 Å². The Bertz CT molecular complexity index is 227. The van der Waals surface area contributed by atoms with Crippen LogP contribution in [0.25, 0.3) is 0 Å². The first-order valence-corrected chi connectivity index (χ1v) is 4.61. The summed E-state index contributed by atoms with van der Waals surface area (Å²) in [5, 5.41) is 20.3. The molecule has 1 fully saturated rings. The number of nitrogens with one attached hydrogen (secondary N) is 3. The summed E-state index contributed by atoms with van der Waals surface area (Å²) >= 11 is 0. The Kier molecular flexibility index (Phi) is 2.83. The fraction of sp³-hybridized carbons (Fsp3) is 0.857. The van der Waals surface area contributed by atoms with Crippen molar-refractivity contribution < 1.29 is 0 Å². The van der Waals surface area contributed by atoms with Crippen molar-refractivity contribution >= 4 is 0 Å². The van der Waals surface area contributed by atoms with Crippen molar-refractivity contribution in [1.82, 2.24) is 31.3 Å². The van der Waals surface area contributed by atoms with Gasteiger partial charge in [-0.25, -0.2) is 0 Å². The van der Waals surface area contributed by atoms with Crippen LogP contribution in [0.1, 0.15) is 18.7 Å². The summed E-state index contributed by atoms with van der Waals surface area (Å²) in [5.74, 6) is 0.720. The topological polar surface area (TPSA) is 78.5 Å². The maximum atomic E-state index is 3.85. The van der Waals surface area contributed by atoms with Crippen LogP contribution >= 0.6 is 0 Å². The lowest BCUT2D eigenvalue weighted by Gasteiger charge is -2.09. The Morgan fingerprint density at radius 1 is 1.54 bits per heavy atom. The summed E-state index contributed by atoms with van der Waals surface area (Å²) in [6.07, 6.45) is 2.55. The van der Waals surface area contributed by atoms with E-state index in [0.29, 0.717) is 12.6 Å². The molecule has 1 aromatic rings. The highest BCUT2D eigenvalue weighted by Gasteiger charge is 2.12. The molecule has 2 heterocycles. The molecule has 1 aliphatic heterocycles. The van der Waals surface area contributed by atoms with Crippen LogP contribution in [0.2, 0.25) is 0 Å². The van der Waals surface area contributed by atoms with E-state index in [4.69, 9.17) is 0 Å². The molecule has 2 rings (SSSR count). The second kappa shape index (κ2) is 4.29. The molecule has 0 saturated carbocycles. The monoisotopic (exact) mass is 182 g/mol. The van der Waals surface area contributed by atoms with Gasteiger partial charge in [0.15, 0.2) is 5.82 Å². The summed E-state index contributed by atoms with van der Waals surface area (Å²) in [6.45, 7) is 2.82. The highest BCUT2D eigenvalue weighted by atomic mass is 15.5. The van der Waals surface area contributed by atoms with Crippen molar-refractivity contribution in [1.29, 1.82) is 0 Å². The Balaban J connectivity index is 1.63. The van der Waals surface area contributed by atoms with E-state index in [1.165, 1.54) is 12.8 Å². The smallest absolute Gasteiger partial charge is 0.188 e. The standard InChI is InChI=1S/C7H14N6/c1-2-6(9-3-1)4-8-5-7-10-12-13-11-7/h6,8-9H,1-5H2,(H,10,11,12,13). The predicted molar refractivity (Wildman–Crippen MR) is 46.9 cm³/mol. The van der Waals surface area contributed by atoms with Gasteiger partial charge in [0.2, 0.25) is 0 Å². The SMILES string of the molecule is C1CNC(CNCc2nn[nH]n2)C1. The van der Waals surface area contributed by atoms with Crippen LogP contribution in [0, 0.1) is 0 Å². The molecule has 72 valence electrons. The molecule has 0 spiro atoms. The van der Waals surface area contributed by atoms with Gasteiger partial charge in [0.1, 0.15) is 0 Å². The molecule has 0 aromatic carbocycles. The van der Waals surface area contributed by atoms with E-state index < -0.39 is 0 Å². The van der Waals surface area contributed by atoms with E-state index in [9.17, 15) is 0 Å². The molecular weight excluding hydrogens is 168 g/mol. The lowest BCUT2D eigenvalue weighted by atomic mass is 10.2. The molecule has 1 unspecified atom stereocenters. The molecule has 6 nitrogen and oxygen atoms in total. The third kappa shape index (κ3) is 2.46. The number of hydrogen-bond acceptors (Lipinski definition) is 5.